The molecule has 6 heteroatoms. The molecule has 0 aliphatic carbocycles. The third-order valence-corrected chi connectivity index (χ3v) is 2.97. The number of hydrogen-bond acceptors (Lipinski definition) is 4. The highest BCUT2D eigenvalue weighted by Crippen LogP contribution is 2.13. The molecule has 0 saturated heterocycles. The predicted molar refractivity (Wildman–Crippen MR) is 50.4 cm³/mol. The molecule has 1 rings (SSSR count). The van der Waals surface area contributed by atoms with Gasteiger partial charge >= 0.3 is 0 Å². The van der Waals surface area contributed by atoms with Crippen LogP contribution in [0.25, 0.3) is 0 Å². The van der Waals surface area contributed by atoms with Crippen LogP contribution in [0, 0.1) is 18.3 Å². The van der Waals surface area contributed by atoms with Gasteiger partial charge in [0, 0.05) is 0 Å². The van der Waals surface area contributed by atoms with E-state index in [2.05, 4.69) is 0 Å². The van der Waals surface area contributed by atoms with E-state index in [1.165, 1.54) is 18.2 Å². The SMILES string of the molecule is Cc1cc(S(=O)(=O)NN)ccc1C#N. The zero-order valence-electron chi connectivity index (χ0n) is 7.48. The van der Waals surface area contributed by atoms with E-state index in [1.807, 2.05) is 6.07 Å². The molecule has 1 aromatic rings. The first kappa shape index (κ1) is 10.7. The van der Waals surface area contributed by atoms with Crippen molar-refractivity contribution in [1.29, 1.82) is 5.26 Å². The van der Waals surface area contributed by atoms with Gasteiger partial charge in [-0.25, -0.2) is 8.42 Å². The van der Waals surface area contributed by atoms with Crippen molar-refractivity contribution in [3.05, 3.63) is 29.3 Å². The fraction of sp³-hybridized carbons (Fsp3) is 0.125. The number of nitrogens with one attached hydrogen (secondary N) is 1. The number of nitriles is 1. The minimum atomic E-state index is -3.63. The zero-order valence-corrected chi connectivity index (χ0v) is 8.30. The maximum atomic E-state index is 11.2. The normalized spacial score (nSPS) is 10.9. The van der Waals surface area contributed by atoms with E-state index in [1.54, 1.807) is 11.8 Å². The van der Waals surface area contributed by atoms with Crippen molar-refractivity contribution in [2.24, 2.45) is 5.84 Å². The van der Waals surface area contributed by atoms with E-state index < -0.39 is 10.0 Å². The Morgan fingerprint density at radius 2 is 2.14 bits per heavy atom. The minimum absolute atomic E-state index is 0.0523. The van der Waals surface area contributed by atoms with E-state index in [0.29, 0.717) is 11.1 Å². The zero-order chi connectivity index (χ0) is 10.8. The second-order valence-electron chi connectivity index (χ2n) is 2.71. The van der Waals surface area contributed by atoms with E-state index in [0.717, 1.165) is 0 Å². The summed E-state index contributed by atoms with van der Waals surface area (Å²) in [5, 5.41) is 8.63. The fourth-order valence-corrected chi connectivity index (χ4v) is 1.71. The van der Waals surface area contributed by atoms with E-state index in [9.17, 15) is 8.42 Å². The number of hydrazine groups is 1. The molecule has 0 aliphatic heterocycles. The topological polar surface area (TPSA) is 96.0 Å². The van der Waals surface area contributed by atoms with E-state index in [-0.39, 0.29) is 4.90 Å². The molecule has 0 spiro atoms. The molecule has 5 nitrogen and oxygen atoms in total. The molecule has 0 aromatic heterocycles. The molecule has 1 aromatic carbocycles. The number of sulfonamides is 1. The molecular formula is C8H9N3O2S. The monoisotopic (exact) mass is 211 g/mol. The first-order chi connectivity index (χ1) is 6.51. The van der Waals surface area contributed by atoms with Gasteiger partial charge in [0.05, 0.1) is 16.5 Å². The van der Waals surface area contributed by atoms with Gasteiger partial charge in [-0.2, -0.15) is 10.1 Å². The van der Waals surface area contributed by atoms with Crippen LogP contribution in [0.1, 0.15) is 11.1 Å². The van der Waals surface area contributed by atoms with Crippen LogP contribution in [0.4, 0.5) is 0 Å². The first-order valence-corrected chi connectivity index (χ1v) is 5.23. The Morgan fingerprint density at radius 3 is 2.57 bits per heavy atom. The average Bonchev–Trinajstić information content (AvgIpc) is 2.17. The van der Waals surface area contributed by atoms with Crippen LogP contribution >= 0.6 is 0 Å². The van der Waals surface area contributed by atoms with Crippen molar-refractivity contribution in [1.82, 2.24) is 4.83 Å². The third kappa shape index (κ3) is 1.90. The lowest BCUT2D eigenvalue weighted by molar-refractivity contribution is 0.584. The van der Waals surface area contributed by atoms with Crippen molar-refractivity contribution in [2.75, 3.05) is 0 Å². The molecule has 0 fully saturated rings. The highest BCUT2D eigenvalue weighted by Gasteiger charge is 2.12. The number of hydrogen-bond donors (Lipinski definition) is 2. The smallest absolute Gasteiger partial charge is 0.253 e. The Morgan fingerprint density at radius 1 is 1.50 bits per heavy atom. The summed E-state index contributed by atoms with van der Waals surface area (Å²) >= 11 is 0. The van der Waals surface area contributed by atoms with Gasteiger partial charge < -0.3 is 0 Å². The molecule has 0 atom stereocenters. The standard InChI is InChI=1S/C8H9N3O2S/c1-6-4-8(14(12,13)11-10)3-2-7(6)5-9/h2-4,11H,10H2,1H3. The van der Waals surface area contributed by atoms with Gasteiger partial charge in [-0.1, -0.05) is 0 Å². The Kier molecular flexibility index (Phi) is 2.86. The van der Waals surface area contributed by atoms with Gasteiger partial charge in [-0.05, 0) is 30.7 Å². The van der Waals surface area contributed by atoms with Crippen molar-refractivity contribution in [2.45, 2.75) is 11.8 Å². The Labute approximate surface area is 82.2 Å². The Hall–Kier alpha value is -1.42. The van der Waals surface area contributed by atoms with Gasteiger partial charge in [0.15, 0.2) is 0 Å². The van der Waals surface area contributed by atoms with Crippen LogP contribution < -0.4 is 10.7 Å². The lowest BCUT2D eigenvalue weighted by atomic mass is 10.1. The molecule has 0 saturated carbocycles. The summed E-state index contributed by atoms with van der Waals surface area (Å²) < 4.78 is 22.5. The molecule has 0 heterocycles. The Balaban J connectivity index is 3.31. The van der Waals surface area contributed by atoms with Gasteiger partial charge in [0.1, 0.15) is 0 Å². The molecule has 0 amide bonds. The van der Waals surface area contributed by atoms with E-state index >= 15 is 0 Å². The first-order valence-electron chi connectivity index (χ1n) is 3.74. The van der Waals surface area contributed by atoms with Crippen LogP contribution in [0.15, 0.2) is 23.1 Å². The van der Waals surface area contributed by atoms with Gasteiger partial charge in [-0.15, -0.1) is 0 Å². The molecule has 0 aliphatic rings. The average molecular weight is 211 g/mol. The third-order valence-electron chi connectivity index (χ3n) is 1.78. The summed E-state index contributed by atoms with van der Waals surface area (Å²) in [6.45, 7) is 1.66. The summed E-state index contributed by atoms with van der Waals surface area (Å²) in [4.78, 5) is 1.76. The summed E-state index contributed by atoms with van der Waals surface area (Å²) in [5.41, 5.74) is 1.05. The van der Waals surface area contributed by atoms with Crippen molar-refractivity contribution >= 4 is 10.0 Å². The lowest BCUT2D eigenvalue weighted by Crippen LogP contribution is -2.30. The maximum Gasteiger partial charge on any atom is 0.253 e. The van der Waals surface area contributed by atoms with Crippen molar-refractivity contribution < 1.29 is 8.42 Å². The summed E-state index contributed by atoms with van der Waals surface area (Å²) in [6, 6.07) is 6.12. The molecule has 0 bridgehead atoms. The second kappa shape index (κ2) is 3.75. The van der Waals surface area contributed by atoms with Gasteiger partial charge in [0.25, 0.3) is 10.0 Å². The van der Waals surface area contributed by atoms with E-state index in [4.69, 9.17) is 11.1 Å². The van der Waals surface area contributed by atoms with Crippen molar-refractivity contribution in [3.63, 3.8) is 0 Å². The number of nitrogens with zero attached hydrogens (tertiary/aromatic N) is 1. The maximum absolute atomic E-state index is 11.2. The predicted octanol–water partition coefficient (Wildman–Crippen LogP) is 0.0187. The van der Waals surface area contributed by atoms with Crippen molar-refractivity contribution in [3.8, 4) is 6.07 Å². The molecule has 0 unspecified atom stereocenters. The molecular weight excluding hydrogens is 202 g/mol. The minimum Gasteiger partial charge on any atom is -0.257 e. The number of benzene rings is 1. The van der Waals surface area contributed by atoms with Crippen LogP contribution in [0.3, 0.4) is 0 Å². The van der Waals surface area contributed by atoms with Crippen LogP contribution in [-0.4, -0.2) is 8.42 Å². The second-order valence-corrected chi connectivity index (χ2v) is 4.42. The summed E-state index contributed by atoms with van der Waals surface area (Å²) in [7, 11) is -3.63. The molecule has 0 radical (unpaired) electrons. The number of aryl methyl sites for hydroxylation is 1. The summed E-state index contributed by atoms with van der Waals surface area (Å²) in [6.07, 6.45) is 0. The fourth-order valence-electron chi connectivity index (χ4n) is 0.997. The van der Waals surface area contributed by atoms with Gasteiger partial charge in [0.2, 0.25) is 0 Å². The molecule has 14 heavy (non-hydrogen) atoms. The lowest BCUT2D eigenvalue weighted by Gasteiger charge is -2.03. The molecule has 3 N–H and O–H groups in total. The van der Waals surface area contributed by atoms with Gasteiger partial charge in [-0.3, -0.25) is 5.84 Å². The Bertz CT molecular complexity index is 488. The highest BCUT2D eigenvalue weighted by atomic mass is 32.2. The van der Waals surface area contributed by atoms with Crippen LogP contribution in [0.2, 0.25) is 0 Å². The largest absolute Gasteiger partial charge is 0.257 e. The van der Waals surface area contributed by atoms with Crippen LogP contribution in [0.5, 0.6) is 0 Å². The van der Waals surface area contributed by atoms with Crippen LogP contribution in [-0.2, 0) is 10.0 Å². The molecule has 74 valence electrons. The summed E-state index contributed by atoms with van der Waals surface area (Å²) in [5.74, 6) is 4.86. The number of nitrogens with two attached hydrogens (primary N) is 1. The highest BCUT2D eigenvalue weighted by molar-refractivity contribution is 7.89. The quantitative estimate of drug-likeness (QED) is 0.532. The number of rotatable bonds is 2.